The van der Waals surface area contributed by atoms with Crippen molar-refractivity contribution in [3.63, 3.8) is 0 Å². The quantitative estimate of drug-likeness (QED) is 0.853. The SMILES string of the molecule is Cn1ccc2ccc(C(CN)C(F)F)cc21. The lowest BCUT2D eigenvalue weighted by Crippen LogP contribution is -2.19. The van der Waals surface area contributed by atoms with Crippen molar-refractivity contribution >= 4 is 10.9 Å². The third kappa shape index (κ3) is 1.80. The molecule has 0 fully saturated rings. The van der Waals surface area contributed by atoms with Gasteiger partial charge in [-0.1, -0.05) is 12.1 Å². The Morgan fingerprint density at radius 2 is 2.06 bits per heavy atom. The molecule has 0 saturated carbocycles. The maximum atomic E-state index is 12.7. The summed E-state index contributed by atoms with van der Waals surface area (Å²) in [6.45, 7) is -0.0341. The first-order chi connectivity index (χ1) is 7.63. The number of hydrogen-bond donors (Lipinski definition) is 1. The second-order valence-electron chi connectivity index (χ2n) is 3.92. The molecule has 0 bridgehead atoms. The van der Waals surface area contributed by atoms with Gasteiger partial charge < -0.3 is 10.3 Å². The molecule has 1 unspecified atom stereocenters. The summed E-state index contributed by atoms with van der Waals surface area (Å²) >= 11 is 0. The molecule has 1 atom stereocenters. The highest BCUT2D eigenvalue weighted by Gasteiger charge is 2.21. The zero-order valence-electron chi connectivity index (χ0n) is 9.03. The standard InChI is InChI=1S/C12H14F2N2/c1-16-5-4-8-2-3-9(6-11(8)16)10(7-15)12(13)14/h2-6,10,12H,7,15H2,1H3. The molecule has 0 aliphatic carbocycles. The van der Waals surface area contributed by atoms with Gasteiger partial charge in [0, 0.05) is 25.3 Å². The molecule has 86 valence electrons. The molecule has 2 aromatic rings. The number of nitrogens with two attached hydrogens (primary N) is 1. The van der Waals surface area contributed by atoms with Crippen LogP contribution in [0.15, 0.2) is 30.5 Å². The Balaban J connectivity index is 2.48. The highest BCUT2D eigenvalue weighted by atomic mass is 19.3. The molecule has 2 N–H and O–H groups in total. The largest absolute Gasteiger partial charge is 0.351 e. The minimum absolute atomic E-state index is 0.0341. The highest BCUT2D eigenvalue weighted by Crippen LogP contribution is 2.26. The van der Waals surface area contributed by atoms with E-state index in [1.165, 1.54) is 0 Å². The van der Waals surface area contributed by atoms with E-state index in [4.69, 9.17) is 5.73 Å². The Labute approximate surface area is 92.7 Å². The van der Waals surface area contributed by atoms with Gasteiger partial charge in [-0.15, -0.1) is 0 Å². The lowest BCUT2D eigenvalue weighted by atomic mass is 9.99. The predicted octanol–water partition coefficient (Wildman–Crippen LogP) is 2.49. The van der Waals surface area contributed by atoms with Gasteiger partial charge in [0.15, 0.2) is 0 Å². The van der Waals surface area contributed by atoms with Gasteiger partial charge in [0.1, 0.15) is 0 Å². The fourth-order valence-corrected chi connectivity index (χ4v) is 1.89. The monoisotopic (exact) mass is 224 g/mol. The first-order valence-electron chi connectivity index (χ1n) is 5.16. The molecule has 0 radical (unpaired) electrons. The molecule has 0 aliphatic heterocycles. The van der Waals surface area contributed by atoms with Crippen molar-refractivity contribution in [2.45, 2.75) is 12.3 Å². The van der Waals surface area contributed by atoms with Crippen LogP contribution in [0.3, 0.4) is 0 Å². The maximum Gasteiger partial charge on any atom is 0.246 e. The zero-order valence-corrected chi connectivity index (χ0v) is 9.03. The molecule has 0 spiro atoms. The van der Waals surface area contributed by atoms with Gasteiger partial charge in [-0.25, -0.2) is 8.78 Å². The summed E-state index contributed by atoms with van der Waals surface area (Å²) in [6.07, 6.45) is -0.503. The van der Waals surface area contributed by atoms with Gasteiger partial charge in [-0.05, 0) is 23.1 Å². The summed E-state index contributed by atoms with van der Waals surface area (Å²) in [6, 6.07) is 7.33. The van der Waals surface area contributed by atoms with Crippen molar-refractivity contribution in [1.82, 2.24) is 4.57 Å². The van der Waals surface area contributed by atoms with Crippen LogP contribution in [0.1, 0.15) is 11.5 Å². The van der Waals surface area contributed by atoms with E-state index in [0.717, 1.165) is 10.9 Å². The molecule has 1 aromatic carbocycles. The number of benzene rings is 1. The third-order valence-corrected chi connectivity index (χ3v) is 2.90. The number of fused-ring (bicyclic) bond motifs is 1. The molecule has 0 aliphatic rings. The molecular weight excluding hydrogens is 210 g/mol. The Kier molecular flexibility index (Phi) is 2.92. The molecule has 4 heteroatoms. The smallest absolute Gasteiger partial charge is 0.246 e. The minimum Gasteiger partial charge on any atom is -0.351 e. The Morgan fingerprint density at radius 1 is 1.31 bits per heavy atom. The van der Waals surface area contributed by atoms with Crippen LogP contribution in [0.25, 0.3) is 10.9 Å². The summed E-state index contributed by atoms with van der Waals surface area (Å²) in [5, 5.41) is 1.05. The van der Waals surface area contributed by atoms with Gasteiger partial charge in [0.2, 0.25) is 6.43 Å². The first-order valence-corrected chi connectivity index (χ1v) is 5.16. The highest BCUT2D eigenvalue weighted by molar-refractivity contribution is 5.80. The van der Waals surface area contributed by atoms with E-state index in [1.807, 2.05) is 29.9 Å². The second kappa shape index (κ2) is 4.22. The summed E-state index contributed by atoms with van der Waals surface area (Å²) in [5.74, 6) is -0.876. The Bertz CT molecular complexity index is 491. The fourth-order valence-electron chi connectivity index (χ4n) is 1.89. The van der Waals surface area contributed by atoms with Crippen molar-refractivity contribution in [3.8, 4) is 0 Å². The summed E-state index contributed by atoms with van der Waals surface area (Å²) in [5.41, 5.74) is 6.94. The topological polar surface area (TPSA) is 30.9 Å². The number of hydrogen-bond acceptors (Lipinski definition) is 1. The summed E-state index contributed by atoms with van der Waals surface area (Å²) in [7, 11) is 1.89. The molecule has 1 heterocycles. The van der Waals surface area contributed by atoms with Gasteiger partial charge in [0.05, 0.1) is 5.92 Å². The van der Waals surface area contributed by atoms with E-state index in [0.29, 0.717) is 5.56 Å². The van der Waals surface area contributed by atoms with Crippen molar-refractivity contribution in [3.05, 3.63) is 36.0 Å². The molecule has 2 rings (SSSR count). The average molecular weight is 224 g/mol. The number of alkyl halides is 2. The number of nitrogens with zero attached hydrogens (tertiary/aromatic N) is 1. The van der Waals surface area contributed by atoms with Crippen LogP contribution in [-0.4, -0.2) is 17.5 Å². The Hall–Kier alpha value is -1.42. The normalized spacial score (nSPS) is 13.6. The molecule has 0 saturated heterocycles. The van der Waals surface area contributed by atoms with Gasteiger partial charge >= 0.3 is 0 Å². The third-order valence-electron chi connectivity index (χ3n) is 2.90. The zero-order chi connectivity index (χ0) is 11.7. The van der Waals surface area contributed by atoms with E-state index >= 15 is 0 Å². The Morgan fingerprint density at radius 3 is 2.69 bits per heavy atom. The van der Waals surface area contributed by atoms with E-state index in [-0.39, 0.29) is 6.54 Å². The maximum absolute atomic E-state index is 12.7. The van der Waals surface area contributed by atoms with Gasteiger partial charge in [0.25, 0.3) is 0 Å². The van der Waals surface area contributed by atoms with Crippen LogP contribution in [0.4, 0.5) is 8.78 Å². The fraction of sp³-hybridized carbons (Fsp3) is 0.333. The predicted molar refractivity (Wildman–Crippen MR) is 60.7 cm³/mol. The van der Waals surface area contributed by atoms with Crippen LogP contribution in [0, 0.1) is 0 Å². The van der Waals surface area contributed by atoms with Crippen molar-refractivity contribution in [2.75, 3.05) is 6.54 Å². The van der Waals surface area contributed by atoms with Crippen LogP contribution in [-0.2, 0) is 7.05 Å². The van der Waals surface area contributed by atoms with Crippen LogP contribution in [0.2, 0.25) is 0 Å². The number of rotatable bonds is 3. The number of aryl methyl sites for hydroxylation is 1. The van der Waals surface area contributed by atoms with Gasteiger partial charge in [-0.2, -0.15) is 0 Å². The molecule has 0 amide bonds. The van der Waals surface area contributed by atoms with Crippen molar-refractivity contribution < 1.29 is 8.78 Å². The molecule has 2 nitrogen and oxygen atoms in total. The van der Waals surface area contributed by atoms with Crippen LogP contribution >= 0.6 is 0 Å². The van der Waals surface area contributed by atoms with E-state index in [9.17, 15) is 8.78 Å². The van der Waals surface area contributed by atoms with Crippen LogP contribution in [0.5, 0.6) is 0 Å². The first kappa shape index (κ1) is 11.1. The van der Waals surface area contributed by atoms with E-state index in [1.54, 1.807) is 12.1 Å². The van der Waals surface area contributed by atoms with E-state index < -0.39 is 12.3 Å². The second-order valence-corrected chi connectivity index (χ2v) is 3.92. The van der Waals surface area contributed by atoms with Gasteiger partial charge in [-0.3, -0.25) is 0 Å². The van der Waals surface area contributed by atoms with E-state index in [2.05, 4.69) is 0 Å². The minimum atomic E-state index is -2.41. The molecule has 1 aromatic heterocycles. The number of halogens is 2. The molecule has 16 heavy (non-hydrogen) atoms. The number of aromatic nitrogens is 1. The lowest BCUT2D eigenvalue weighted by molar-refractivity contribution is 0.117. The van der Waals surface area contributed by atoms with Crippen molar-refractivity contribution in [1.29, 1.82) is 0 Å². The summed E-state index contributed by atoms with van der Waals surface area (Å²) < 4.78 is 27.4. The van der Waals surface area contributed by atoms with Crippen molar-refractivity contribution in [2.24, 2.45) is 12.8 Å². The molecular formula is C12H14F2N2. The average Bonchev–Trinajstić information content (AvgIpc) is 2.61. The van der Waals surface area contributed by atoms with Crippen LogP contribution < -0.4 is 5.73 Å². The lowest BCUT2D eigenvalue weighted by Gasteiger charge is -2.14. The summed E-state index contributed by atoms with van der Waals surface area (Å²) in [4.78, 5) is 0.